The summed E-state index contributed by atoms with van der Waals surface area (Å²) in [5.41, 5.74) is 3.52. The van der Waals surface area contributed by atoms with E-state index in [4.69, 9.17) is 0 Å². The van der Waals surface area contributed by atoms with Crippen molar-refractivity contribution < 1.29 is 0 Å². The van der Waals surface area contributed by atoms with Crippen molar-refractivity contribution in [1.82, 2.24) is 4.98 Å². The molecule has 19 heavy (non-hydrogen) atoms. The standard InChI is InChI=1S/C16H20N2S/c1-11-4-3-5-15(11)18-14-8-6-13(7-9-14)16-10-19-12(2)17-16/h6-11,15,18H,3-5H2,1-2H3. The molecule has 2 nitrogen and oxygen atoms in total. The molecule has 0 aliphatic heterocycles. The third-order valence-corrected chi connectivity index (χ3v) is 4.79. The number of nitrogens with one attached hydrogen (secondary N) is 1. The predicted octanol–water partition coefficient (Wildman–Crippen LogP) is 4.72. The SMILES string of the molecule is Cc1nc(-c2ccc(NC3CCCC3C)cc2)cs1. The van der Waals surface area contributed by atoms with Gasteiger partial charge in [-0.1, -0.05) is 25.5 Å². The van der Waals surface area contributed by atoms with E-state index in [0.29, 0.717) is 6.04 Å². The topological polar surface area (TPSA) is 24.9 Å². The van der Waals surface area contributed by atoms with Crippen LogP contribution >= 0.6 is 11.3 Å². The maximum atomic E-state index is 4.52. The van der Waals surface area contributed by atoms with Gasteiger partial charge in [0.2, 0.25) is 0 Å². The number of benzene rings is 1. The van der Waals surface area contributed by atoms with Crippen LogP contribution in [-0.2, 0) is 0 Å². The number of hydrogen-bond acceptors (Lipinski definition) is 3. The fourth-order valence-electron chi connectivity index (χ4n) is 2.81. The predicted molar refractivity (Wildman–Crippen MR) is 82.7 cm³/mol. The van der Waals surface area contributed by atoms with Crippen LogP contribution in [0.5, 0.6) is 0 Å². The van der Waals surface area contributed by atoms with Crippen molar-refractivity contribution in [3.63, 3.8) is 0 Å². The van der Waals surface area contributed by atoms with Gasteiger partial charge in [0, 0.05) is 22.7 Å². The molecule has 1 saturated carbocycles. The van der Waals surface area contributed by atoms with Crippen molar-refractivity contribution in [2.75, 3.05) is 5.32 Å². The first-order valence-electron chi connectivity index (χ1n) is 7.01. The average Bonchev–Trinajstić information content (AvgIpc) is 3.00. The Morgan fingerprint density at radius 3 is 2.58 bits per heavy atom. The molecule has 2 unspecified atom stereocenters. The van der Waals surface area contributed by atoms with E-state index in [0.717, 1.165) is 16.6 Å². The Labute approximate surface area is 118 Å². The van der Waals surface area contributed by atoms with Crippen molar-refractivity contribution in [1.29, 1.82) is 0 Å². The zero-order chi connectivity index (χ0) is 13.2. The minimum Gasteiger partial charge on any atom is -0.382 e. The number of anilines is 1. The molecule has 1 heterocycles. The van der Waals surface area contributed by atoms with E-state index in [2.05, 4.69) is 46.9 Å². The number of aromatic nitrogens is 1. The van der Waals surface area contributed by atoms with Crippen LogP contribution in [-0.4, -0.2) is 11.0 Å². The quantitative estimate of drug-likeness (QED) is 0.874. The van der Waals surface area contributed by atoms with Gasteiger partial charge < -0.3 is 5.32 Å². The van der Waals surface area contributed by atoms with Crippen molar-refractivity contribution in [2.24, 2.45) is 5.92 Å². The number of thiazole rings is 1. The molecule has 1 N–H and O–H groups in total. The molecule has 1 fully saturated rings. The maximum absolute atomic E-state index is 4.52. The van der Waals surface area contributed by atoms with Crippen LogP contribution in [0.25, 0.3) is 11.3 Å². The van der Waals surface area contributed by atoms with E-state index in [1.54, 1.807) is 11.3 Å². The van der Waals surface area contributed by atoms with Crippen molar-refractivity contribution in [3.05, 3.63) is 34.7 Å². The van der Waals surface area contributed by atoms with E-state index in [-0.39, 0.29) is 0 Å². The maximum Gasteiger partial charge on any atom is 0.0901 e. The molecule has 1 aromatic carbocycles. The van der Waals surface area contributed by atoms with Crippen LogP contribution in [0, 0.1) is 12.8 Å². The van der Waals surface area contributed by atoms with E-state index >= 15 is 0 Å². The lowest BCUT2D eigenvalue weighted by Gasteiger charge is -2.18. The van der Waals surface area contributed by atoms with Crippen LogP contribution < -0.4 is 5.32 Å². The van der Waals surface area contributed by atoms with Crippen LogP contribution in [0.4, 0.5) is 5.69 Å². The minimum absolute atomic E-state index is 0.646. The number of aryl methyl sites for hydroxylation is 1. The summed E-state index contributed by atoms with van der Waals surface area (Å²) in [6.07, 6.45) is 4.01. The Kier molecular flexibility index (Phi) is 3.56. The second-order valence-corrected chi connectivity index (χ2v) is 6.55. The van der Waals surface area contributed by atoms with Crippen LogP contribution in [0.1, 0.15) is 31.2 Å². The lowest BCUT2D eigenvalue weighted by molar-refractivity contribution is 0.556. The Morgan fingerprint density at radius 1 is 1.21 bits per heavy atom. The second kappa shape index (κ2) is 5.33. The largest absolute Gasteiger partial charge is 0.382 e. The molecule has 2 aromatic rings. The first kappa shape index (κ1) is 12.7. The lowest BCUT2D eigenvalue weighted by atomic mass is 10.1. The second-order valence-electron chi connectivity index (χ2n) is 5.49. The fourth-order valence-corrected chi connectivity index (χ4v) is 3.43. The van der Waals surface area contributed by atoms with Gasteiger partial charge in [-0.05, 0) is 37.8 Å². The lowest BCUT2D eigenvalue weighted by Crippen LogP contribution is -2.21. The van der Waals surface area contributed by atoms with Gasteiger partial charge in [0.1, 0.15) is 0 Å². The van der Waals surface area contributed by atoms with Crippen LogP contribution in [0.3, 0.4) is 0 Å². The first-order chi connectivity index (χ1) is 9.22. The van der Waals surface area contributed by atoms with Gasteiger partial charge in [0.25, 0.3) is 0 Å². The van der Waals surface area contributed by atoms with Crippen molar-refractivity contribution >= 4 is 17.0 Å². The summed E-state index contributed by atoms with van der Waals surface area (Å²) in [5, 5.41) is 6.90. The molecule has 0 spiro atoms. The Hall–Kier alpha value is -1.35. The summed E-state index contributed by atoms with van der Waals surface area (Å²) in [6, 6.07) is 9.32. The monoisotopic (exact) mass is 272 g/mol. The third-order valence-electron chi connectivity index (χ3n) is 4.01. The van der Waals surface area contributed by atoms with Gasteiger partial charge in [0.05, 0.1) is 10.7 Å². The number of rotatable bonds is 3. The van der Waals surface area contributed by atoms with Gasteiger partial charge in [-0.3, -0.25) is 0 Å². The zero-order valence-corrected chi connectivity index (χ0v) is 12.3. The normalized spacial score (nSPS) is 22.6. The van der Waals surface area contributed by atoms with Gasteiger partial charge >= 0.3 is 0 Å². The molecular weight excluding hydrogens is 252 g/mol. The molecule has 3 heteroatoms. The molecule has 0 radical (unpaired) electrons. The third kappa shape index (κ3) is 2.81. The molecular formula is C16H20N2S. The highest BCUT2D eigenvalue weighted by Gasteiger charge is 2.22. The number of hydrogen-bond donors (Lipinski definition) is 1. The molecule has 100 valence electrons. The molecule has 1 aliphatic rings. The summed E-state index contributed by atoms with van der Waals surface area (Å²) in [4.78, 5) is 4.52. The van der Waals surface area contributed by atoms with Crippen molar-refractivity contribution in [2.45, 2.75) is 39.2 Å². The Morgan fingerprint density at radius 2 is 2.00 bits per heavy atom. The van der Waals surface area contributed by atoms with Gasteiger partial charge in [-0.2, -0.15) is 0 Å². The van der Waals surface area contributed by atoms with E-state index in [1.807, 2.05) is 6.92 Å². The zero-order valence-electron chi connectivity index (χ0n) is 11.5. The van der Waals surface area contributed by atoms with Gasteiger partial charge in [-0.15, -0.1) is 11.3 Å². The summed E-state index contributed by atoms with van der Waals surface area (Å²) in [7, 11) is 0. The number of nitrogens with zero attached hydrogens (tertiary/aromatic N) is 1. The molecule has 0 saturated heterocycles. The molecule has 1 aromatic heterocycles. The van der Waals surface area contributed by atoms with Gasteiger partial charge in [0.15, 0.2) is 0 Å². The molecule has 3 rings (SSSR count). The minimum atomic E-state index is 0.646. The smallest absolute Gasteiger partial charge is 0.0901 e. The Bertz CT molecular complexity index is 544. The highest BCUT2D eigenvalue weighted by atomic mass is 32.1. The highest BCUT2D eigenvalue weighted by molar-refractivity contribution is 7.09. The molecule has 0 bridgehead atoms. The Balaban J connectivity index is 1.72. The van der Waals surface area contributed by atoms with E-state index in [1.165, 1.54) is 30.5 Å². The van der Waals surface area contributed by atoms with Crippen molar-refractivity contribution in [3.8, 4) is 11.3 Å². The molecule has 0 amide bonds. The summed E-state index contributed by atoms with van der Waals surface area (Å²) in [5.74, 6) is 0.792. The average molecular weight is 272 g/mol. The first-order valence-corrected chi connectivity index (χ1v) is 7.89. The summed E-state index contributed by atoms with van der Waals surface area (Å²) in [6.45, 7) is 4.39. The summed E-state index contributed by atoms with van der Waals surface area (Å²) < 4.78 is 0. The van der Waals surface area contributed by atoms with Crippen LogP contribution in [0.15, 0.2) is 29.6 Å². The highest BCUT2D eigenvalue weighted by Crippen LogP contribution is 2.29. The van der Waals surface area contributed by atoms with Gasteiger partial charge in [-0.25, -0.2) is 4.98 Å². The fraction of sp³-hybridized carbons (Fsp3) is 0.438. The molecule has 1 aliphatic carbocycles. The van der Waals surface area contributed by atoms with E-state index in [9.17, 15) is 0 Å². The van der Waals surface area contributed by atoms with Crippen LogP contribution in [0.2, 0.25) is 0 Å². The summed E-state index contributed by atoms with van der Waals surface area (Å²) >= 11 is 1.70. The molecule has 2 atom stereocenters. The van der Waals surface area contributed by atoms with E-state index < -0.39 is 0 Å².